The van der Waals surface area contributed by atoms with Crippen molar-refractivity contribution in [2.45, 2.75) is 25.9 Å². The molecule has 4 aromatic rings. The van der Waals surface area contributed by atoms with Crippen molar-refractivity contribution in [1.29, 1.82) is 0 Å². The Morgan fingerprint density at radius 2 is 1.76 bits per heavy atom. The number of anilines is 1. The summed E-state index contributed by atoms with van der Waals surface area (Å²) in [6.45, 7) is 3.74. The maximum Gasteiger partial charge on any atom is 0.322 e. The molecule has 0 fully saturated rings. The van der Waals surface area contributed by atoms with E-state index < -0.39 is 0 Å². The molecule has 0 radical (unpaired) electrons. The molecule has 7 nitrogen and oxygen atoms in total. The predicted molar refractivity (Wildman–Crippen MR) is 146 cm³/mol. The first-order chi connectivity index (χ1) is 18.1. The Balaban J connectivity index is 1.40. The van der Waals surface area contributed by atoms with Crippen molar-refractivity contribution in [2.24, 2.45) is 0 Å². The Bertz CT molecular complexity index is 1410. The maximum absolute atomic E-state index is 13.8. The molecule has 1 unspecified atom stereocenters. The minimum atomic E-state index is -0.294. The molecule has 3 amide bonds. The van der Waals surface area contributed by atoms with E-state index in [9.17, 15) is 9.59 Å². The molecule has 5 rings (SSSR count). The first kappa shape index (κ1) is 24.4. The third-order valence-corrected chi connectivity index (χ3v) is 6.93. The van der Waals surface area contributed by atoms with Crippen LogP contribution in [-0.2, 0) is 11.3 Å². The number of benzene rings is 3. The lowest BCUT2D eigenvalue weighted by molar-refractivity contribution is -0.134. The number of carbonyl (C=O) groups is 2. The number of aromatic nitrogens is 1. The number of fused-ring (bicyclic) bond motifs is 2. The predicted octanol–water partition coefficient (Wildman–Crippen LogP) is 5.53. The van der Waals surface area contributed by atoms with Crippen molar-refractivity contribution >= 4 is 28.4 Å². The van der Waals surface area contributed by atoms with Gasteiger partial charge in [0.1, 0.15) is 18.3 Å². The Kier molecular flexibility index (Phi) is 7.12. The van der Waals surface area contributed by atoms with Gasteiger partial charge in [-0.2, -0.15) is 0 Å². The van der Waals surface area contributed by atoms with Gasteiger partial charge in [-0.1, -0.05) is 61.5 Å². The fraction of sp³-hybridized carbons (Fsp3) is 0.267. The minimum Gasteiger partial charge on any atom is -0.496 e. The highest BCUT2D eigenvalue weighted by Crippen LogP contribution is 2.37. The molecular formula is C30H32N4O3. The van der Waals surface area contributed by atoms with Crippen molar-refractivity contribution in [3.05, 3.63) is 96.3 Å². The van der Waals surface area contributed by atoms with Gasteiger partial charge in [0.15, 0.2) is 0 Å². The first-order valence-electron chi connectivity index (χ1n) is 12.7. The monoisotopic (exact) mass is 496 g/mol. The lowest BCUT2D eigenvalue weighted by atomic mass is 9.98. The summed E-state index contributed by atoms with van der Waals surface area (Å²) in [5.74, 6) is 0.643. The normalized spacial score (nSPS) is 14.8. The maximum atomic E-state index is 13.8. The molecule has 0 spiro atoms. The number of hydrogen-bond acceptors (Lipinski definition) is 3. The van der Waals surface area contributed by atoms with Crippen LogP contribution in [-0.4, -0.2) is 53.0 Å². The van der Waals surface area contributed by atoms with Crippen LogP contribution in [0.3, 0.4) is 0 Å². The number of para-hydroxylation sites is 1. The van der Waals surface area contributed by atoms with Gasteiger partial charge in [0.2, 0.25) is 5.91 Å². The Hall–Kier alpha value is -4.26. The molecule has 0 saturated heterocycles. The zero-order valence-corrected chi connectivity index (χ0v) is 21.3. The molecule has 1 aliphatic heterocycles. The van der Waals surface area contributed by atoms with Crippen molar-refractivity contribution < 1.29 is 14.3 Å². The lowest BCUT2D eigenvalue weighted by Gasteiger charge is -2.39. The number of nitrogens with one attached hydrogen (secondary N) is 1. The van der Waals surface area contributed by atoms with Crippen LogP contribution in [0.2, 0.25) is 0 Å². The van der Waals surface area contributed by atoms with Crippen LogP contribution in [0.15, 0.2) is 85.1 Å². The Labute approximate surface area is 217 Å². The highest BCUT2D eigenvalue weighted by Gasteiger charge is 2.34. The molecule has 3 aromatic carbocycles. The molecule has 1 N–H and O–H groups in total. The van der Waals surface area contributed by atoms with Crippen LogP contribution in [0.4, 0.5) is 10.5 Å². The number of ether oxygens (including phenoxy) is 1. The molecular weight excluding hydrogens is 464 g/mol. The second kappa shape index (κ2) is 10.8. The van der Waals surface area contributed by atoms with Crippen molar-refractivity contribution in [1.82, 2.24) is 14.4 Å². The zero-order chi connectivity index (χ0) is 25.8. The summed E-state index contributed by atoms with van der Waals surface area (Å²) in [6, 6.07) is 25.1. The lowest BCUT2D eigenvalue weighted by Crippen LogP contribution is -2.49. The fourth-order valence-corrected chi connectivity index (χ4v) is 5.18. The molecule has 1 aliphatic rings. The Morgan fingerprint density at radius 3 is 2.59 bits per heavy atom. The standard InChI is InChI=1S/C30H32N4O3/c1-3-17-33(30(36)31-25-14-8-11-22-10-4-5-12-23(22)25)21-28(35)34-20-19-32-18-9-15-26(32)29(34)24-13-6-7-16-27(24)37-2/h4-16,18,29H,3,17,19-21H2,1-2H3,(H,31,36). The average molecular weight is 497 g/mol. The minimum absolute atomic E-state index is 0.00318. The number of amides is 3. The van der Waals surface area contributed by atoms with E-state index in [4.69, 9.17) is 4.74 Å². The molecule has 7 heteroatoms. The average Bonchev–Trinajstić information content (AvgIpc) is 3.41. The number of carbonyl (C=O) groups excluding carboxylic acids is 2. The molecule has 1 atom stereocenters. The summed E-state index contributed by atoms with van der Waals surface area (Å²) >= 11 is 0. The molecule has 190 valence electrons. The quantitative estimate of drug-likeness (QED) is 0.366. The van der Waals surface area contributed by atoms with Gasteiger partial charge in [-0.3, -0.25) is 4.79 Å². The smallest absolute Gasteiger partial charge is 0.322 e. The van der Waals surface area contributed by atoms with E-state index in [-0.39, 0.29) is 24.5 Å². The number of rotatable bonds is 7. The number of nitrogens with zero attached hydrogens (tertiary/aromatic N) is 3. The summed E-state index contributed by atoms with van der Waals surface area (Å²) in [5.41, 5.74) is 2.70. The van der Waals surface area contributed by atoms with Crippen molar-refractivity contribution in [3.63, 3.8) is 0 Å². The van der Waals surface area contributed by atoms with Gasteiger partial charge in [-0.15, -0.1) is 0 Å². The summed E-state index contributed by atoms with van der Waals surface area (Å²) in [6.07, 6.45) is 2.79. The zero-order valence-electron chi connectivity index (χ0n) is 21.3. The van der Waals surface area contributed by atoms with Crippen molar-refractivity contribution in [2.75, 3.05) is 32.1 Å². The third kappa shape index (κ3) is 4.89. The molecule has 0 bridgehead atoms. The van der Waals surface area contributed by atoms with Crippen LogP contribution in [0.25, 0.3) is 10.8 Å². The number of hydrogen-bond donors (Lipinski definition) is 1. The third-order valence-electron chi connectivity index (χ3n) is 6.93. The molecule has 0 saturated carbocycles. The molecule has 1 aromatic heterocycles. The van der Waals surface area contributed by atoms with Gasteiger partial charge in [0, 0.05) is 42.5 Å². The van der Waals surface area contributed by atoms with E-state index >= 15 is 0 Å². The van der Waals surface area contributed by atoms with Crippen LogP contribution in [0.1, 0.15) is 30.6 Å². The van der Waals surface area contributed by atoms with Gasteiger partial charge in [-0.25, -0.2) is 4.79 Å². The van der Waals surface area contributed by atoms with Gasteiger partial charge < -0.3 is 24.4 Å². The number of methoxy groups -OCH3 is 1. The van der Waals surface area contributed by atoms with Gasteiger partial charge >= 0.3 is 6.03 Å². The Morgan fingerprint density at radius 1 is 0.973 bits per heavy atom. The van der Waals surface area contributed by atoms with E-state index in [1.807, 2.05) is 96.9 Å². The summed E-state index contributed by atoms with van der Waals surface area (Å²) < 4.78 is 7.83. The van der Waals surface area contributed by atoms with Crippen LogP contribution >= 0.6 is 0 Å². The molecule has 0 aliphatic carbocycles. The second-order valence-electron chi connectivity index (χ2n) is 9.24. The largest absolute Gasteiger partial charge is 0.496 e. The second-order valence-corrected chi connectivity index (χ2v) is 9.24. The van der Waals surface area contributed by atoms with E-state index in [0.29, 0.717) is 19.6 Å². The van der Waals surface area contributed by atoms with E-state index in [2.05, 4.69) is 9.88 Å². The topological polar surface area (TPSA) is 66.8 Å². The molecule has 2 heterocycles. The van der Waals surface area contributed by atoms with Crippen LogP contribution in [0.5, 0.6) is 5.75 Å². The van der Waals surface area contributed by atoms with Crippen LogP contribution < -0.4 is 10.1 Å². The highest BCUT2D eigenvalue weighted by atomic mass is 16.5. The number of urea groups is 1. The highest BCUT2D eigenvalue weighted by molar-refractivity contribution is 6.02. The van der Waals surface area contributed by atoms with E-state index in [1.165, 1.54) is 0 Å². The summed E-state index contributed by atoms with van der Waals surface area (Å²) in [7, 11) is 1.65. The fourth-order valence-electron chi connectivity index (χ4n) is 5.18. The van der Waals surface area contributed by atoms with Crippen LogP contribution in [0, 0.1) is 0 Å². The van der Waals surface area contributed by atoms with E-state index in [0.717, 1.165) is 39.9 Å². The van der Waals surface area contributed by atoms with E-state index in [1.54, 1.807) is 12.0 Å². The first-order valence-corrected chi connectivity index (χ1v) is 12.7. The van der Waals surface area contributed by atoms with Gasteiger partial charge in [0.25, 0.3) is 0 Å². The van der Waals surface area contributed by atoms with Crippen molar-refractivity contribution in [3.8, 4) is 5.75 Å². The summed E-state index contributed by atoms with van der Waals surface area (Å²) in [4.78, 5) is 30.7. The SMILES string of the molecule is CCCN(CC(=O)N1CCn2cccc2C1c1ccccc1OC)C(=O)Nc1cccc2ccccc12. The molecule has 37 heavy (non-hydrogen) atoms. The van der Waals surface area contributed by atoms with Gasteiger partial charge in [0.05, 0.1) is 12.8 Å². The summed E-state index contributed by atoms with van der Waals surface area (Å²) in [5, 5.41) is 5.06. The van der Waals surface area contributed by atoms with Gasteiger partial charge in [-0.05, 0) is 36.1 Å².